The van der Waals surface area contributed by atoms with E-state index >= 15 is 0 Å². The molecular formula is C10H16OS. The first-order valence-corrected chi connectivity index (χ1v) is 4.97. The van der Waals surface area contributed by atoms with E-state index in [-0.39, 0.29) is 5.41 Å². The van der Waals surface area contributed by atoms with Crippen molar-refractivity contribution in [3.05, 3.63) is 15.8 Å². The minimum atomic E-state index is 0.190. The van der Waals surface area contributed by atoms with E-state index in [0.29, 0.717) is 0 Å². The minimum absolute atomic E-state index is 0.190. The third kappa shape index (κ3) is 1.63. The Labute approximate surface area is 78.4 Å². The number of methoxy groups -OCH3 is 1. The summed E-state index contributed by atoms with van der Waals surface area (Å²) in [5.41, 5.74) is 1.53. The minimum Gasteiger partial charge on any atom is -0.496 e. The number of thiophene rings is 1. The summed E-state index contributed by atoms with van der Waals surface area (Å²) in [7, 11) is 1.73. The smallest absolute Gasteiger partial charge is 0.133 e. The lowest BCUT2D eigenvalue weighted by Gasteiger charge is -2.20. The third-order valence-corrected chi connectivity index (χ3v) is 2.80. The van der Waals surface area contributed by atoms with Gasteiger partial charge in [0.1, 0.15) is 5.75 Å². The van der Waals surface area contributed by atoms with Crippen LogP contribution < -0.4 is 4.74 Å². The zero-order valence-electron chi connectivity index (χ0n) is 8.39. The molecule has 0 N–H and O–H groups in total. The molecule has 1 heterocycles. The van der Waals surface area contributed by atoms with Crippen LogP contribution in [-0.2, 0) is 5.41 Å². The molecule has 0 saturated carbocycles. The molecule has 0 aliphatic rings. The summed E-state index contributed by atoms with van der Waals surface area (Å²) in [4.78, 5) is 1.36. The lowest BCUT2D eigenvalue weighted by molar-refractivity contribution is 0.399. The molecule has 0 fully saturated rings. The van der Waals surface area contributed by atoms with Crippen molar-refractivity contribution in [2.75, 3.05) is 7.11 Å². The van der Waals surface area contributed by atoms with Crippen molar-refractivity contribution >= 4 is 11.3 Å². The molecule has 68 valence electrons. The third-order valence-electron chi connectivity index (χ3n) is 1.91. The lowest BCUT2D eigenvalue weighted by Crippen LogP contribution is -2.12. The number of aryl methyl sites for hydroxylation is 1. The topological polar surface area (TPSA) is 9.23 Å². The number of hydrogen-bond acceptors (Lipinski definition) is 2. The Morgan fingerprint density at radius 2 is 1.92 bits per heavy atom. The molecule has 0 saturated heterocycles. The molecule has 1 aromatic heterocycles. The van der Waals surface area contributed by atoms with Crippen LogP contribution in [0.5, 0.6) is 5.75 Å². The molecule has 1 rings (SSSR count). The highest BCUT2D eigenvalue weighted by Gasteiger charge is 2.22. The Morgan fingerprint density at radius 1 is 1.33 bits per heavy atom. The zero-order valence-corrected chi connectivity index (χ0v) is 9.21. The van der Waals surface area contributed by atoms with Crippen molar-refractivity contribution in [3.63, 3.8) is 0 Å². The standard InChI is InChI=1S/C10H16OS/c1-7-9(10(2,3)4)8(11-5)6-12-7/h6H,1-5H3. The molecule has 1 nitrogen and oxygen atoms in total. The maximum atomic E-state index is 5.30. The van der Waals surface area contributed by atoms with Gasteiger partial charge in [-0.2, -0.15) is 0 Å². The molecule has 0 aliphatic carbocycles. The first-order chi connectivity index (χ1) is 5.46. The van der Waals surface area contributed by atoms with Gasteiger partial charge < -0.3 is 4.74 Å². The summed E-state index contributed by atoms with van der Waals surface area (Å²) < 4.78 is 5.30. The van der Waals surface area contributed by atoms with Crippen LogP contribution >= 0.6 is 11.3 Å². The first kappa shape index (κ1) is 9.59. The van der Waals surface area contributed by atoms with Gasteiger partial charge in [-0.05, 0) is 12.3 Å². The van der Waals surface area contributed by atoms with Crippen molar-refractivity contribution in [2.24, 2.45) is 0 Å². The van der Waals surface area contributed by atoms with Crippen molar-refractivity contribution in [1.82, 2.24) is 0 Å². The fourth-order valence-electron chi connectivity index (χ4n) is 1.48. The van der Waals surface area contributed by atoms with E-state index in [9.17, 15) is 0 Å². The van der Waals surface area contributed by atoms with Crippen LogP contribution in [0.25, 0.3) is 0 Å². The normalized spacial score (nSPS) is 11.8. The van der Waals surface area contributed by atoms with Gasteiger partial charge in [0.15, 0.2) is 0 Å². The van der Waals surface area contributed by atoms with Gasteiger partial charge >= 0.3 is 0 Å². The second-order valence-corrected chi connectivity index (χ2v) is 5.07. The van der Waals surface area contributed by atoms with E-state index in [1.807, 2.05) is 0 Å². The molecule has 0 aromatic carbocycles. The van der Waals surface area contributed by atoms with Gasteiger partial charge in [0.05, 0.1) is 7.11 Å². The largest absolute Gasteiger partial charge is 0.496 e. The monoisotopic (exact) mass is 184 g/mol. The van der Waals surface area contributed by atoms with Crippen LogP contribution in [-0.4, -0.2) is 7.11 Å². The average molecular weight is 184 g/mol. The van der Waals surface area contributed by atoms with E-state index < -0.39 is 0 Å². The summed E-state index contributed by atoms with van der Waals surface area (Å²) in [6.07, 6.45) is 0. The molecule has 12 heavy (non-hydrogen) atoms. The van der Waals surface area contributed by atoms with Gasteiger partial charge in [-0.25, -0.2) is 0 Å². The van der Waals surface area contributed by atoms with Crippen LogP contribution in [0.4, 0.5) is 0 Å². The maximum Gasteiger partial charge on any atom is 0.133 e. The zero-order chi connectivity index (χ0) is 9.35. The van der Waals surface area contributed by atoms with Crippen LogP contribution in [0.2, 0.25) is 0 Å². The molecule has 2 heteroatoms. The van der Waals surface area contributed by atoms with Gasteiger partial charge in [0, 0.05) is 15.8 Å². The average Bonchev–Trinajstić information content (AvgIpc) is 2.29. The predicted molar refractivity (Wildman–Crippen MR) is 54.3 cm³/mol. The molecule has 0 amide bonds. The SMILES string of the molecule is COc1csc(C)c1C(C)(C)C. The number of hydrogen-bond donors (Lipinski definition) is 0. The quantitative estimate of drug-likeness (QED) is 0.650. The molecule has 0 bridgehead atoms. The van der Waals surface area contributed by atoms with Gasteiger partial charge in [0.2, 0.25) is 0 Å². The van der Waals surface area contributed by atoms with Gasteiger partial charge in [-0.15, -0.1) is 11.3 Å². The van der Waals surface area contributed by atoms with E-state index in [0.717, 1.165) is 5.75 Å². The Morgan fingerprint density at radius 3 is 2.25 bits per heavy atom. The summed E-state index contributed by atoms with van der Waals surface area (Å²) in [6.45, 7) is 8.79. The van der Waals surface area contributed by atoms with E-state index in [1.165, 1.54) is 10.4 Å². The summed E-state index contributed by atoms with van der Waals surface area (Å²) >= 11 is 1.76. The molecule has 0 spiro atoms. The van der Waals surface area contributed by atoms with E-state index in [4.69, 9.17) is 4.74 Å². The fraction of sp³-hybridized carbons (Fsp3) is 0.600. The fourth-order valence-corrected chi connectivity index (χ4v) is 2.50. The Kier molecular flexibility index (Phi) is 2.47. The molecule has 0 radical (unpaired) electrons. The Balaban J connectivity index is 3.19. The highest BCUT2D eigenvalue weighted by Crippen LogP contribution is 2.37. The number of ether oxygens (including phenoxy) is 1. The van der Waals surface area contributed by atoms with Crippen LogP contribution in [0.15, 0.2) is 5.38 Å². The van der Waals surface area contributed by atoms with E-state index in [2.05, 4.69) is 33.1 Å². The van der Waals surface area contributed by atoms with Crippen molar-refractivity contribution < 1.29 is 4.74 Å². The highest BCUT2D eigenvalue weighted by molar-refractivity contribution is 7.10. The van der Waals surface area contributed by atoms with Gasteiger partial charge in [-0.3, -0.25) is 0 Å². The molecule has 0 atom stereocenters. The second-order valence-electron chi connectivity index (χ2n) is 3.99. The molecule has 0 aliphatic heterocycles. The van der Waals surface area contributed by atoms with Gasteiger partial charge in [0.25, 0.3) is 0 Å². The van der Waals surface area contributed by atoms with Crippen LogP contribution in [0, 0.1) is 6.92 Å². The molecule has 0 unspecified atom stereocenters. The maximum absolute atomic E-state index is 5.30. The predicted octanol–water partition coefficient (Wildman–Crippen LogP) is 3.36. The lowest BCUT2D eigenvalue weighted by atomic mass is 9.87. The summed E-state index contributed by atoms with van der Waals surface area (Å²) in [5, 5.41) is 2.08. The van der Waals surface area contributed by atoms with Crippen molar-refractivity contribution in [3.8, 4) is 5.75 Å². The number of rotatable bonds is 1. The van der Waals surface area contributed by atoms with Gasteiger partial charge in [-0.1, -0.05) is 20.8 Å². The highest BCUT2D eigenvalue weighted by atomic mass is 32.1. The second kappa shape index (κ2) is 3.09. The molecule has 1 aromatic rings. The van der Waals surface area contributed by atoms with Crippen LogP contribution in [0.3, 0.4) is 0 Å². The summed E-state index contributed by atoms with van der Waals surface area (Å²) in [6, 6.07) is 0. The van der Waals surface area contributed by atoms with Crippen LogP contribution in [0.1, 0.15) is 31.2 Å². The Bertz CT molecular complexity index is 268. The van der Waals surface area contributed by atoms with Crippen molar-refractivity contribution in [1.29, 1.82) is 0 Å². The Hall–Kier alpha value is -0.500. The van der Waals surface area contributed by atoms with Crippen molar-refractivity contribution in [2.45, 2.75) is 33.1 Å². The summed E-state index contributed by atoms with van der Waals surface area (Å²) in [5.74, 6) is 1.03. The first-order valence-electron chi connectivity index (χ1n) is 4.09. The molecular weight excluding hydrogens is 168 g/mol. The van der Waals surface area contributed by atoms with E-state index in [1.54, 1.807) is 18.4 Å².